The van der Waals surface area contributed by atoms with Gasteiger partial charge in [-0.05, 0) is 31.4 Å². The summed E-state index contributed by atoms with van der Waals surface area (Å²) >= 11 is 0. The molecule has 0 aromatic rings. The van der Waals surface area contributed by atoms with Crippen molar-refractivity contribution in [2.75, 3.05) is 7.11 Å². The SMILES string of the molecule is COC1=C(C)C(C)=CCC1C. The average molecular weight is 152 g/mol. The first-order valence-corrected chi connectivity index (χ1v) is 4.08. The topological polar surface area (TPSA) is 9.23 Å². The molecule has 1 heteroatoms. The van der Waals surface area contributed by atoms with Crippen molar-refractivity contribution in [3.8, 4) is 0 Å². The Balaban J connectivity index is 2.95. The molecule has 0 fully saturated rings. The number of methoxy groups -OCH3 is 1. The standard InChI is InChI=1S/C10H16O/c1-7-5-6-8(2)10(11-4)9(7)3/h5,8H,6H2,1-4H3. The summed E-state index contributed by atoms with van der Waals surface area (Å²) < 4.78 is 5.32. The Morgan fingerprint density at radius 1 is 1.45 bits per heavy atom. The van der Waals surface area contributed by atoms with Crippen molar-refractivity contribution < 1.29 is 4.74 Å². The van der Waals surface area contributed by atoms with Gasteiger partial charge in [-0.2, -0.15) is 0 Å². The van der Waals surface area contributed by atoms with E-state index in [9.17, 15) is 0 Å². The summed E-state index contributed by atoms with van der Waals surface area (Å²) in [5.41, 5.74) is 2.67. The van der Waals surface area contributed by atoms with Crippen molar-refractivity contribution >= 4 is 0 Å². The Morgan fingerprint density at radius 2 is 2.09 bits per heavy atom. The van der Waals surface area contributed by atoms with Crippen molar-refractivity contribution in [3.05, 3.63) is 23.0 Å². The van der Waals surface area contributed by atoms with E-state index < -0.39 is 0 Å². The maximum absolute atomic E-state index is 5.32. The molecule has 0 saturated heterocycles. The molecule has 0 bridgehead atoms. The van der Waals surface area contributed by atoms with Crippen LogP contribution in [0, 0.1) is 5.92 Å². The summed E-state index contributed by atoms with van der Waals surface area (Å²) in [5, 5.41) is 0. The van der Waals surface area contributed by atoms with Crippen LogP contribution in [0.25, 0.3) is 0 Å². The third-order valence-electron chi connectivity index (χ3n) is 2.41. The van der Waals surface area contributed by atoms with Crippen LogP contribution in [0.3, 0.4) is 0 Å². The van der Waals surface area contributed by atoms with E-state index in [1.165, 1.54) is 11.1 Å². The molecule has 1 aliphatic rings. The van der Waals surface area contributed by atoms with Crippen LogP contribution in [0.5, 0.6) is 0 Å². The molecule has 0 spiro atoms. The molecule has 1 nitrogen and oxygen atoms in total. The van der Waals surface area contributed by atoms with Crippen molar-refractivity contribution in [2.45, 2.75) is 27.2 Å². The second-order valence-corrected chi connectivity index (χ2v) is 3.22. The highest BCUT2D eigenvalue weighted by molar-refractivity contribution is 5.34. The number of hydrogen-bond donors (Lipinski definition) is 0. The van der Waals surface area contributed by atoms with Gasteiger partial charge in [-0.15, -0.1) is 0 Å². The Kier molecular flexibility index (Phi) is 2.38. The van der Waals surface area contributed by atoms with Crippen LogP contribution in [-0.2, 0) is 4.74 Å². The second kappa shape index (κ2) is 3.12. The van der Waals surface area contributed by atoms with Crippen LogP contribution in [0.2, 0.25) is 0 Å². The minimum absolute atomic E-state index is 0.559. The lowest BCUT2D eigenvalue weighted by atomic mass is 9.91. The fourth-order valence-corrected chi connectivity index (χ4v) is 1.53. The molecule has 1 rings (SSSR count). The summed E-state index contributed by atoms with van der Waals surface area (Å²) in [6, 6.07) is 0. The third kappa shape index (κ3) is 1.47. The van der Waals surface area contributed by atoms with E-state index in [-0.39, 0.29) is 0 Å². The summed E-state index contributed by atoms with van der Waals surface area (Å²) in [6.45, 7) is 6.46. The molecule has 0 heterocycles. The highest BCUT2D eigenvalue weighted by Crippen LogP contribution is 2.29. The van der Waals surface area contributed by atoms with E-state index >= 15 is 0 Å². The Hall–Kier alpha value is -0.720. The lowest BCUT2D eigenvalue weighted by molar-refractivity contribution is 0.241. The molecule has 0 radical (unpaired) electrons. The first kappa shape index (κ1) is 8.38. The van der Waals surface area contributed by atoms with Gasteiger partial charge in [0.25, 0.3) is 0 Å². The number of rotatable bonds is 1. The monoisotopic (exact) mass is 152 g/mol. The minimum Gasteiger partial charge on any atom is -0.501 e. The normalized spacial score (nSPS) is 25.1. The third-order valence-corrected chi connectivity index (χ3v) is 2.41. The lowest BCUT2D eigenvalue weighted by Gasteiger charge is -2.21. The van der Waals surface area contributed by atoms with E-state index in [0.29, 0.717) is 5.92 Å². The van der Waals surface area contributed by atoms with Gasteiger partial charge in [-0.1, -0.05) is 13.0 Å². The van der Waals surface area contributed by atoms with E-state index in [1.54, 1.807) is 7.11 Å². The molecule has 0 amide bonds. The Bertz CT molecular complexity index is 211. The van der Waals surface area contributed by atoms with Crippen molar-refractivity contribution in [3.63, 3.8) is 0 Å². The quantitative estimate of drug-likeness (QED) is 0.561. The van der Waals surface area contributed by atoms with Gasteiger partial charge in [0.2, 0.25) is 0 Å². The molecule has 62 valence electrons. The van der Waals surface area contributed by atoms with E-state index in [1.807, 2.05) is 0 Å². The highest BCUT2D eigenvalue weighted by atomic mass is 16.5. The van der Waals surface area contributed by atoms with Crippen LogP contribution in [-0.4, -0.2) is 7.11 Å². The fourth-order valence-electron chi connectivity index (χ4n) is 1.53. The van der Waals surface area contributed by atoms with Crippen molar-refractivity contribution in [1.82, 2.24) is 0 Å². The summed E-state index contributed by atoms with van der Waals surface area (Å²) in [7, 11) is 1.76. The second-order valence-electron chi connectivity index (χ2n) is 3.22. The van der Waals surface area contributed by atoms with Gasteiger partial charge in [0, 0.05) is 5.92 Å². The molecule has 0 aromatic heterocycles. The molecular formula is C10H16O. The molecular weight excluding hydrogens is 136 g/mol. The van der Waals surface area contributed by atoms with E-state index in [2.05, 4.69) is 26.8 Å². The van der Waals surface area contributed by atoms with Gasteiger partial charge in [0.15, 0.2) is 0 Å². The molecule has 0 saturated carbocycles. The molecule has 0 aromatic carbocycles. The molecule has 0 N–H and O–H groups in total. The van der Waals surface area contributed by atoms with Crippen LogP contribution in [0.4, 0.5) is 0 Å². The first-order chi connectivity index (χ1) is 5.16. The van der Waals surface area contributed by atoms with Gasteiger partial charge in [-0.25, -0.2) is 0 Å². The van der Waals surface area contributed by atoms with Crippen molar-refractivity contribution in [1.29, 1.82) is 0 Å². The van der Waals surface area contributed by atoms with E-state index in [0.717, 1.165) is 12.2 Å². The molecule has 11 heavy (non-hydrogen) atoms. The van der Waals surface area contributed by atoms with Crippen LogP contribution in [0.15, 0.2) is 23.0 Å². The predicted octanol–water partition coefficient (Wildman–Crippen LogP) is 2.89. The lowest BCUT2D eigenvalue weighted by Crippen LogP contribution is -2.08. The van der Waals surface area contributed by atoms with Gasteiger partial charge in [0.05, 0.1) is 7.11 Å². The van der Waals surface area contributed by atoms with Gasteiger partial charge < -0.3 is 4.74 Å². The zero-order valence-electron chi connectivity index (χ0n) is 7.77. The smallest absolute Gasteiger partial charge is 0.102 e. The van der Waals surface area contributed by atoms with Gasteiger partial charge >= 0.3 is 0 Å². The molecule has 1 atom stereocenters. The summed E-state index contributed by atoms with van der Waals surface area (Å²) in [4.78, 5) is 0. The van der Waals surface area contributed by atoms with Gasteiger partial charge in [-0.3, -0.25) is 0 Å². The predicted molar refractivity (Wildman–Crippen MR) is 47.2 cm³/mol. The van der Waals surface area contributed by atoms with Crippen LogP contribution < -0.4 is 0 Å². The highest BCUT2D eigenvalue weighted by Gasteiger charge is 2.16. The Labute approximate surface area is 68.8 Å². The number of ether oxygens (including phenoxy) is 1. The molecule has 0 aliphatic heterocycles. The fraction of sp³-hybridized carbons (Fsp3) is 0.600. The minimum atomic E-state index is 0.559. The summed E-state index contributed by atoms with van der Waals surface area (Å²) in [6.07, 6.45) is 3.40. The maximum Gasteiger partial charge on any atom is 0.102 e. The molecule has 1 unspecified atom stereocenters. The largest absolute Gasteiger partial charge is 0.501 e. The van der Waals surface area contributed by atoms with Crippen LogP contribution in [0.1, 0.15) is 27.2 Å². The number of hydrogen-bond acceptors (Lipinski definition) is 1. The zero-order valence-corrected chi connectivity index (χ0v) is 7.77. The molecule has 1 aliphatic carbocycles. The van der Waals surface area contributed by atoms with Crippen molar-refractivity contribution in [2.24, 2.45) is 5.92 Å². The summed E-state index contributed by atoms with van der Waals surface area (Å²) in [5.74, 6) is 1.72. The van der Waals surface area contributed by atoms with Gasteiger partial charge in [0.1, 0.15) is 5.76 Å². The zero-order chi connectivity index (χ0) is 8.43. The maximum atomic E-state index is 5.32. The number of allylic oxidation sites excluding steroid dienone is 4. The Morgan fingerprint density at radius 3 is 2.55 bits per heavy atom. The van der Waals surface area contributed by atoms with E-state index in [4.69, 9.17) is 4.74 Å². The first-order valence-electron chi connectivity index (χ1n) is 4.08. The van der Waals surface area contributed by atoms with Crippen LogP contribution >= 0.6 is 0 Å². The average Bonchev–Trinajstić information content (AvgIpc) is 1.99.